The van der Waals surface area contributed by atoms with Gasteiger partial charge in [0, 0.05) is 0 Å². The lowest BCUT2D eigenvalue weighted by atomic mass is 9.88. The van der Waals surface area contributed by atoms with Crippen LogP contribution in [0.4, 0.5) is 0 Å². The predicted molar refractivity (Wildman–Crippen MR) is 71.8 cm³/mol. The van der Waals surface area contributed by atoms with Gasteiger partial charge in [0.2, 0.25) is 0 Å². The van der Waals surface area contributed by atoms with E-state index in [1.807, 2.05) is 30.3 Å². The van der Waals surface area contributed by atoms with E-state index in [9.17, 15) is 9.90 Å². The summed E-state index contributed by atoms with van der Waals surface area (Å²) in [5.41, 5.74) is 2.18. The summed E-state index contributed by atoms with van der Waals surface area (Å²) < 4.78 is 0. The number of carboxylic acid groups (broad SMARTS) is 1. The molecule has 92 valence electrons. The Labute approximate surface area is 106 Å². The molecular formula is C16H16O2. The minimum atomic E-state index is -0.688. The van der Waals surface area contributed by atoms with Crippen LogP contribution < -0.4 is 0 Å². The van der Waals surface area contributed by atoms with Crippen molar-refractivity contribution < 1.29 is 9.90 Å². The number of carbonyl (C=O) groups is 1. The first-order chi connectivity index (χ1) is 8.68. The highest BCUT2D eigenvalue weighted by Gasteiger charge is 2.38. The molecule has 0 saturated heterocycles. The number of fused-ring (bicyclic) bond motifs is 1. The molecule has 3 rings (SSSR count). The van der Waals surface area contributed by atoms with Crippen LogP contribution in [-0.2, 0) is 4.79 Å². The summed E-state index contributed by atoms with van der Waals surface area (Å²) in [4.78, 5) is 11.5. The molecule has 0 heterocycles. The second-order valence-corrected chi connectivity index (χ2v) is 5.17. The summed E-state index contributed by atoms with van der Waals surface area (Å²) in [6.07, 6.45) is 2.08. The van der Waals surface area contributed by atoms with Crippen LogP contribution in [0, 0.1) is 12.8 Å². The number of aryl methyl sites for hydroxylation is 1. The van der Waals surface area contributed by atoms with Crippen LogP contribution in [0.15, 0.2) is 36.4 Å². The molecule has 0 aliphatic heterocycles. The average molecular weight is 240 g/mol. The van der Waals surface area contributed by atoms with Crippen molar-refractivity contribution >= 4 is 16.7 Å². The Morgan fingerprint density at radius 1 is 1.17 bits per heavy atom. The number of carboxylic acids is 1. The Hall–Kier alpha value is -1.83. The van der Waals surface area contributed by atoms with E-state index in [2.05, 4.69) is 13.0 Å². The van der Waals surface area contributed by atoms with Crippen molar-refractivity contribution in [3.63, 3.8) is 0 Å². The summed E-state index contributed by atoms with van der Waals surface area (Å²) in [6.45, 7) is 2.07. The normalized spacial score (nSPS) is 16.7. The molecule has 1 aliphatic carbocycles. The molecule has 1 fully saturated rings. The number of benzene rings is 2. The van der Waals surface area contributed by atoms with Gasteiger partial charge in [-0.1, -0.05) is 36.4 Å². The molecule has 1 unspecified atom stereocenters. The van der Waals surface area contributed by atoms with Gasteiger partial charge in [0.05, 0.1) is 5.92 Å². The van der Waals surface area contributed by atoms with Crippen molar-refractivity contribution in [1.29, 1.82) is 0 Å². The van der Waals surface area contributed by atoms with Gasteiger partial charge in [0.25, 0.3) is 0 Å². The third kappa shape index (κ3) is 1.78. The number of aliphatic carboxylic acids is 1. The monoisotopic (exact) mass is 240 g/mol. The van der Waals surface area contributed by atoms with Crippen LogP contribution in [0.1, 0.15) is 29.9 Å². The maximum atomic E-state index is 11.5. The third-order valence-corrected chi connectivity index (χ3v) is 3.87. The second kappa shape index (κ2) is 4.13. The van der Waals surface area contributed by atoms with Gasteiger partial charge in [-0.05, 0) is 47.6 Å². The minimum Gasteiger partial charge on any atom is -0.481 e. The molecule has 1 N–H and O–H groups in total. The Morgan fingerprint density at radius 2 is 1.83 bits per heavy atom. The van der Waals surface area contributed by atoms with Gasteiger partial charge in [-0.2, -0.15) is 0 Å². The second-order valence-electron chi connectivity index (χ2n) is 5.17. The predicted octanol–water partition coefficient (Wildman–Crippen LogP) is 3.73. The maximum Gasteiger partial charge on any atom is 0.311 e. The van der Waals surface area contributed by atoms with Crippen LogP contribution in [0.2, 0.25) is 0 Å². The first kappa shape index (κ1) is 11.3. The Balaban J connectivity index is 2.22. The van der Waals surface area contributed by atoms with Crippen molar-refractivity contribution in [3.8, 4) is 0 Å². The highest BCUT2D eigenvalue weighted by atomic mass is 16.4. The zero-order valence-electron chi connectivity index (χ0n) is 10.4. The van der Waals surface area contributed by atoms with Gasteiger partial charge in [0.15, 0.2) is 0 Å². The summed E-state index contributed by atoms with van der Waals surface area (Å²) in [7, 11) is 0. The van der Waals surface area contributed by atoms with Gasteiger partial charge in [-0.15, -0.1) is 0 Å². The molecule has 18 heavy (non-hydrogen) atoms. The molecule has 0 spiro atoms. The smallest absolute Gasteiger partial charge is 0.311 e. The topological polar surface area (TPSA) is 37.3 Å². The van der Waals surface area contributed by atoms with E-state index in [0.717, 1.165) is 23.8 Å². The van der Waals surface area contributed by atoms with E-state index < -0.39 is 5.97 Å². The summed E-state index contributed by atoms with van der Waals surface area (Å²) in [5.74, 6) is -0.699. The summed E-state index contributed by atoms with van der Waals surface area (Å²) >= 11 is 0. The third-order valence-electron chi connectivity index (χ3n) is 3.87. The lowest BCUT2D eigenvalue weighted by Crippen LogP contribution is -2.14. The van der Waals surface area contributed by atoms with Crippen LogP contribution in [0.3, 0.4) is 0 Å². The molecule has 1 aliphatic rings. The largest absolute Gasteiger partial charge is 0.481 e. The lowest BCUT2D eigenvalue weighted by Gasteiger charge is -2.15. The van der Waals surface area contributed by atoms with Gasteiger partial charge in [-0.3, -0.25) is 4.79 Å². The van der Waals surface area contributed by atoms with Crippen molar-refractivity contribution in [2.24, 2.45) is 5.92 Å². The summed E-state index contributed by atoms with van der Waals surface area (Å²) in [6, 6.07) is 12.1. The standard InChI is InChI=1S/C16H16O2/c1-10-6-9-14(13-5-3-2-4-12(10)13)15(16(17)18)11-7-8-11/h2-6,9,11,15H,7-8H2,1H3,(H,17,18). The maximum absolute atomic E-state index is 11.5. The van der Waals surface area contributed by atoms with Crippen LogP contribution in [0.5, 0.6) is 0 Å². The molecule has 1 atom stereocenters. The van der Waals surface area contributed by atoms with Crippen molar-refractivity contribution in [2.45, 2.75) is 25.7 Å². The SMILES string of the molecule is Cc1ccc(C(C(=O)O)C2CC2)c2ccccc12. The number of hydrogen-bond acceptors (Lipinski definition) is 1. The Kier molecular flexibility index (Phi) is 2.58. The van der Waals surface area contributed by atoms with Gasteiger partial charge in [-0.25, -0.2) is 0 Å². The van der Waals surface area contributed by atoms with E-state index in [0.29, 0.717) is 5.92 Å². The van der Waals surface area contributed by atoms with Gasteiger partial charge < -0.3 is 5.11 Å². The first-order valence-electron chi connectivity index (χ1n) is 6.39. The zero-order chi connectivity index (χ0) is 12.7. The molecule has 0 aromatic heterocycles. The quantitative estimate of drug-likeness (QED) is 0.887. The fraction of sp³-hybridized carbons (Fsp3) is 0.312. The van der Waals surface area contributed by atoms with E-state index in [1.54, 1.807) is 0 Å². The lowest BCUT2D eigenvalue weighted by molar-refractivity contribution is -0.139. The number of hydrogen-bond donors (Lipinski definition) is 1. The average Bonchev–Trinajstić information content (AvgIpc) is 3.17. The van der Waals surface area contributed by atoms with E-state index in [4.69, 9.17) is 0 Å². The highest BCUT2D eigenvalue weighted by molar-refractivity contribution is 5.93. The fourth-order valence-corrected chi connectivity index (χ4v) is 2.76. The molecular weight excluding hydrogens is 224 g/mol. The highest BCUT2D eigenvalue weighted by Crippen LogP contribution is 2.44. The van der Waals surface area contributed by atoms with Crippen molar-refractivity contribution in [1.82, 2.24) is 0 Å². The van der Waals surface area contributed by atoms with Crippen molar-refractivity contribution in [3.05, 3.63) is 47.5 Å². The van der Waals surface area contributed by atoms with Crippen LogP contribution >= 0.6 is 0 Å². The first-order valence-corrected chi connectivity index (χ1v) is 6.39. The van der Waals surface area contributed by atoms with E-state index in [1.165, 1.54) is 10.9 Å². The van der Waals surface area contributed by atoms with Crippen LogP contribution in [-0.4, -0.2) is 11.1 Å². The number of rotatable bonds is 3. The molecule has 2 nitrogen and oxygen atoms in total. The Bertz CT molecular complexity index is 612. The molecule has 2 heteroatoms. The fourth-order valence-electron chi connectivity index (χ4n) is 2.76. The zero-order valence-corrected chi connectivity index (χ0v) is 10.4. The molecule has 0 bridgehead atoms. The van der Waals surface area contributed by atoms with E-state index in [-0.39, 0.29) is 5.92 Å². The molecule has 2 aromatic rings. The molecule has 1 saturated carbocycles. The molecule has 2 aromatic carbocycles. The summed E-state index contributed by atoms with van der Waals surface area (Å²) in [5, 5.41) is 11.7. The van der Waals surface area contributed by atoms with Crippen LogP contribution in [0.25, 0.3) is 10.8 Å². The Morgan fingerprint density at radius 3 is 2.44 bits per heavy atom. The van der Waals surface area contributed by atoms with E-state index >= 15 is 0 Å². The molecule has 0 amide bonds. The van der Waals surface area contributed by atoms with Gasteiger partial charge >= 0.3 is 5.97 Å². The molecule has 0 radical (unpaired) electrons. The minimum absolute atomic E-state index is 0.327. The van der Waals surface area contributed by atoms with Gasteiger partial charge in [0.1, 0.15) is 0 Å². The van der Waals surface area contributed by atoms with Crippen molar-refractivity contribution in [2.75, 3.05) is 0 Å².